The molecule has 5 heteroatoms. The Balaban J connectivity index is 2.16. The molecule has 1 aliphatic carbocycles. The molecular weight excluding hydrogens is 225 g/mol. The first-order valence-corrected chi connectivity index (χ1v) is 5.34. The van der Waals surface area contributed by atoms with E-state index in [0.29, 0.717) is 0 Å². The predicted octanol–water partition coefficient (Wildman–Crippen LogP) is 1.33. The lowest BCUT2D eigenvalue weighted by Gasteiger charge is -2.16. The summed E-state index contributed by atoms with van der Waals surface area (Å²) in [4.78, 5) is 10.7. The molecule has 0 atom stereocenters. The molecule has 0 heterocycles. The number of amides is 1. The van der Waals surface area contributed by atoms with Gasteiger partial charge in [-0.3, -0.25) is 4.79 Å². The van der Waals surface area contributed by atoms with Gasteiger partial charge in [0.25, 0.3) is 0 Å². The Kier molecular flexibility index (Phi) is 3.02. The molecule has 4 nitrogen and oxygen atoms in total. The number of carbonyl (C=O) groups excluding carboxylic acids is 1. The molecule has 0 radical (unpaired) electrons. The number of ether oxygens (including phenoxy) is 2. The van der Waals surface area contributed by atoms with Crippen molar-refractivity contribution in [1.29, 1.82) is 0 Å². The van der Waals surface area contributed by atoms with Crippen LogP contribution < -0.4 is 10.5 Å². The predicted molar refractivity (Wildman–Crippen MR) is 59.0 cm³/mol. The summed E-state index contributed by atoms with van der Waals surface area (Å²) in [5.41, 5.74) is 5.20. The molecule has 0 saturated heterocycles. The number of benzene rings is 1. The minimum Gasteiger partial charge on any atom is -0.494 e. The minimum atomic E-state index is -0.540. The normalized spacial score (nSPS) is 16.6. The van der Waals surface area contributed by atoms with Crippen LogP contribution in [-0.4, -0.2) is 19.6 Å². The summed E-state index contributed by atoms with van der Waals surface area (Å²) >= 11 is 0. The lowest BCUT2D eigenvalue weighted by atomic mass is 10.1. The van der Waals surface area contributed by atoms with Crippen molar-refractivity contribution < 1.29 is 18.7 Å². The Morgan fingerprint density at radius 2 is 2.24 bits per heavy atom. The fourth-order valence-corrected chi connectivity index (χ4v) is 1.79. The van der Waals surface area contributed by atoms with E-state index >= 15 is 0 Å². The van der Waals surface area contributed by atoms with Gasteiger partial charge in [-0.25, -0.2) is 4.39 Å². The fraction of sp³-hybridized carbons (Fsp3) is 0.417. The average molecular weight is 239 g/mol. The maximum atomic E-state index is 13.5. The first kappa shape index (κ1) is 11.9. The standard InChI is InChI=1S/C12H14FNO3/c1-16-10-3-2-8(6-9(10)13)12(4-5-12)17-7-11(14)15/h2-3,6H,4-5,7H2,1H3,(H2,14,15). The highest BCUT2D eigenvalue weighted by molar-refractivity contribution is 5.75. The van der Waals surface area contributed by atoms with Crippen molar-refractivity contribution in [3.05, 3.63) is 29.6 Å². The number of halogens is 1. The number of methoxy groups -OCH3 is 1. The minimum absolute atomic E-state index is 0.145. The Hall–Kier alpha value is -1.62. The van der Waals surface area contributed by atoms with Crippen molar-refractivity contribution >= 4 is 5.91 Å². The van der Waals surface area contributed by atoms with Crippen molar-refractivity contribution in [3.8, 4) is 5.75 Å². The van der Waals surface area contributed by atoms with E-state index in [1.807, 2.05) is 0 Å². The second-order valence-electron chi connectivity index (χ2n) is 4.10. The van der Waals surface area contributed by atoms with Gasteiger partial charge in [-0.15, -0.1) is 0 Å². The van der Waals surface area contributed by atoms with Crippen LogP contribution in [0.25, 0.3) is 0 Å². The summed E-state index contributed by atoms with van der Waals surface area (Å²) in [6.45, 7) is -0.145. The van der Waals surface area contributed by atoms with Crippen molar-refractivity contribution in [2.45, 2.75) is 18.4 Å². The van der Waals surface area contributed by atoms with E-state index in [9.17, 15) is 9.18 Å². The van der Waals surface area contributed by atoms with Crippen LogP contribution in [0.2, 0.25) is 0 Å². The molecule has 1 aromatic rings. The second kappa shape index (κ2) is 4.33. The average Bonchev–Trinajstić information content (AvgIpc) is 3.07. The zero-order valence-electron chi connectivity index (χ0n) is 9.53. The van der Waals surface area contributed by atoms with Crippen LogP contribution in [0.1, 0.15) is 18.4 Å². The van der Waals surface area contributed by atoms with Gasteiger partial charge in [0.2, 0.25) is 5.91 Å². The third-order valence-corrected chi connectivity index (χ3v) is 2.87. The molecule has 2 rings (SSSR count). The molecule has 0 spiro atoms. The second-order valence-corrected chi connectivity index (χ2v) is 4.10. The van der Waals surface area contributed by atoms with Gasteiger partial charge in [0.15, 0.2) is 11.6 Å². The van der Waals surface area contributed by atoms with Gasteiger partial charge in [0.05, 0.1) is 12.7 Å². The Morgan fingerprint density at radius 3 is 2.71 bits per heavy atom. The molecule has 0 bridgehead atoms. The molecule has 1 aliphatic rings. The van der Waals surface area contributed by atoms with Crippen LogP contribution in [0.4, 0.5) is 4.39 Å². The third-order valence-electron chi connectivity index (χ3n) is 2.87. The molecule has 1 fully saturated rings. The Morgan fingerprint density at radius 1 is 1.53 bits per heavy atom. The third kappa shape index (κ3) is 2.39. The lowest BCUT2D eigenvalue weighted by Crippen LogP contribution is -2.23. The first-order valence-electron chi connectivity index (χ1n) is 5.34. The van der Waals surface area contributed by atoms with E-state index in [-0.39, 0.29) is 12.4 Å². The fourth-order valence-electron chi connectivity index (χ4n) is 1.79. The van der Waals surface area contributed by atoms with E-state index < -0.39 is 17.3 Å². The van der Waals surface area contributed by atoms with Crippen LogP contribution in [0.15, 0.2) is 18.2 Å². The molecule has 1 aromatic carbocycles. The first-order chi connectivity index (χ1) is 8.07. The van der Waals surface area contributed by atoms with Gasteiger partial charge in [-0.1, -0.05) is 6.07 Å². The maximum absolute atomic E-state index is 13.5. The van der Waals surface area contributed by atoms with Crippen molar-refractivity contribution in [3.63, 3.8) is 0 Å². The van der Waals surface area contributed by atoms with Gasteiger partial charge < -0.3 is 15.2 Å². The number of carbonyl (C=O) groups is 1. The maximum Gasteiger partial charge on any atom is 0.243 e. The lowest BCUT2D eigenvalue weighted by molar-refractivity contribution is -0.125. The van der Waals surface area contributed by atoms with Crippen molar-refractivity contribution in [2.24, 2.45) is 5.73 Å². The summed E-state index contributed by atoms with van der Waals surface area (Å²) in [5.74, 6) is -0.761. The molecule has 1 amide bonds. The molecule has 0 aliphatic heterocycles. The summed E-state index contributed by atoms with van der Waals surface area (Å²) in [5, 5.41) is 0. The van der Waals surface area contributed by atoms with E-state index in [1.54, 1.807) is 12.1 Å². The van der Waals surface area contributed by atoms with Gasteiger partial charge in [0, 0.05) is 0 Å². The van der Waals surface area contributed by atoms with E-state index in [4.69, 9.17) is 15.2 Å². The highest BCUT2D eigenvalue weighted by atomic mass is 19.1. The van der Waals surface area contributed by atoms with E-state index in [0.717, 1.165) is 18.4 Å². The number of rotatable bonds is 5. The number of hydrogen-bond acceptors (Lipinski definition) is 3. The smallest absolute Gasteiger partial charge is 0.243 e. The molecule has 92 valence electrons. The molecule has 2 N–H and O–H groups in total. The van der Waals surface area contributed by atoms with Crippen molar-refractivity contribution in [1.82, 2.24) is 0 Å². The Bertz CT molecular complexity index is 443. The van der Waals surface area contributed by atoms with Crippen LogP contribution in [0.5, 0.6) is 5.75 Å². The van der Waals surface area contributed by atoms with Crippen LogP contribution in [0.3, 0.4) is 0 Å². The van der Waals surface area contributed by atoms with Crippen LogP contribution in [-0.2, 0) is 15.1 Å². The Labute approximate surface area is 98.5 Å². The topological polar surface area (TPSA) is 61.6 Å². The number of hydrogen-bond donors (Lipinski definition) is 1. The summed E-state index contributed by atoms with van der Waals surface area (Å²) in [6.07, 6.45) is 1.54. The monoisotopic (exact) mass is 239 g/mol. The quantitative estimate of drug-likeness (QED) is 0.843. The SMILES string of the molecule is COc1ccc(C2(OCC(N)=O)CC2)cc1F. The molecule has 17 heavy (non-hydrogen) atoms. The summed E-state index contributed by atoms with van der Waals surface area (Å²) < 4.78 is 23.8. The summed E-state index contributed by atoms with van der Waals surface area (Å²) in [7, 11) is 1.41. The molecule has 0 aromatic heterocycles. The molecular formula is C12H14FNO3. The highest BCUT2D eigenvalue weighted by Gasteiger charge is 2.46. The zero-order chi connectivity index (χ0) is 12.5. The largest absolute Gasteiger partial charge is 0.494 e. The van der Waals surface area contributed by atoms with Gasteiger partial charge >= 0.3 is 0 Å². The van der Waals surface area contributed by atoms with Gasteiger partial charge in [-0.2, -0.15) is 0 Å². The zero-order valence-corrected chi connectivity index (χ0v) is 9.53. The summed E-state index contributed by atoms with van der Waals surface area (Å²) in [6, 6.07) is 4.68. The highest BCUT2D eigenvalue weighted by Crippen LogP contribution is 2.49. The molecule has 0 unspecified atom stereocenters. The van der Waals surface area contributed by atoms with Gasteiger partial charge in [-0.05, 0) is 30.5 Å². The van der Waals surface area contributed by atoms with E-state index in [1.165, 1.54) is 13.2 Å². The van der Waals surface area contributed by atoms with Crippen LogP contribution >= 0.6 is 0 Å². The number of nitrogens with two attached hydrogens (primary N) is 1. The van der Waals surface area contributed by atoms with Gasteiger partial charge in [0.1, 0.15) is 6.61 Å². The van der Waals surface area contributed by atoms with Crippen LogP contribution in [0, 0.1) is 5.82 Å². The van der Waals surface area contributed by atoms with Crippen molar-refractivity contribution in [2.75, 3.05) is 13.7 Å². The van der Waals surface area contributed by atoms with E-state index in [2.05, 4.69) is 0 Å². The molecule has 1 saturated carbocycles. The number of primary amides is 1.